The summed E-state index contributed by atoms with van der Waals surface area (Å²) in [5, 5.41) is 11.0. The SMILES string of the molecule is CCC(NC(=O)[C@H](CC(C)C)NC(=O)NCCc1ccccc1)C(=O)C(=O)NCc1cccc(Cl)c1OC. The van der Waals surface area contributed by atoms with Crippen molar-refractivity contribution < 1.29 is 23.9 Å². The molecule has 2 atom stereocenters. The zero-order chi connectivity index (χ0) is 28.1. The van der Waals surface area contributed by atoms with Crippen molar-refractivity contribution in [2.75, 3.05) is 13.7 Å². The van der Waals surface area contributed by atoms with E-state index in [1.54, 1.807) is 25.1 Å². The van der Waals surface area contributed by atoms with E-state index in [0.717, 1.165) is 5.56 Å². The van der Waals surface area contributed by atoms with Gasteiger partial charge in [-0.25, -0.2) is 4.79 Å². The molecule has 0 saturated heterocycles. The highest BCUT2D eigenvalue weighted by molar-refractivity contribution is 6.38. The van der Waals surface area contributed by atoms with Gasteiger partial charge in [0, 0.05) is 18.7 Å². The summed E-state index contributed by atoms with van der Waals surface area (Å²) in [4.78, 5) is 50.9. The lowest BCUT2D eigenvalue weighted by Gasteiger charge is -2.23. The van der Waals surface area contributed by atoms with Gasteiger partial charge in [0.05, 0.1) is 18.2 Å². The molecule has 4 amide bonds. The van der Waals surface area contributed by atoms with Crippen LogP contribution in [0.15, 0.2) is 48.5 Å². The number of benzene rings is 2. The van der Waals surface area contributed by atoms with Crippen molar-refractivity contribution in [2.45, 2.75) is 58.7 Å². The fourth-order valence-electron chi connectivity index (χ4n) is 3.84. The van der Waals surface area contributed by atoms with Gasteiger partial charge in [-0.15, -0.1) is 0 Å². The standard InChI is InChI=1S/C28H37ClN4O5/c1-5-22(24(34)27(36)31-17-20-12-9-13-21(29)25(20)38-4)32-26(35)23(16-18(2)3)33-28(37)30-15-14-19-10-7-6-8-11-19/h6-13,18,22-23H,5,14-17H2,1-4H3,(H,31,36)(H,32,35)(H2,30,33,37)/t22?,23-/m0/s1. The number of rotatable bonds is 14. The van der Waals surface area contributed by atoms with Crippen LogP contribution in [0.1, 0.15) is 44.7 Å². The van der Waals surface area contributed by atoms with Gasteiger partial charge >= 0.3 is 6.03 Å². The molecule has 9 nitrogen and oxygen atoms in total. The summed E-state index contributed by atoms with van der Waals surface area (Å²) in [5.41, 5.74) is 1.69. The predicted molar refractivity (Wildman–Crippen MR) is 147 cm³/mol. The minimum absolute atomic E-state index is 0.0272. The van der Waals surface area contributed by atoms with Crippen LogP contribution in [-0.2, 0) is 27.3 Å². The summed E-state index contributed by atoms with van der Waals surface area (Å²) in [7, 11) is 1.46. The smallest absolute Gasteiger partial charge is 0.315 e. The Morgan fingerprint density at radius 2 is 1.63 bits per heavy atom. The second-order valence-corrected chi connectivity index (χ2v) is 9.67. The molecule has 206 valence electrons. The number of ketones is 1. The van der Waals surface area contributed by atoms with Crippen molar-refractivity contribution in [1.82, 2.24) is 21.3 Å². The van der Waals surface area contributed by atoms with Gasteiger partial charge in [0.25, 0.3) is 5.91 Å². The summed E-state index contributed by atoms with van der Waals surface area (Å²) in [6, 6.07) is 12.4. The van der Waals surface area contributed by atoms with E-state index in [-0.39, 0.29) is 18.9 Å². The Labute approximate surface area is 229 Å². The molecule has 0 spiro atoms. The van der Waals surface area contributed by atoms with E-state index in [9.17, 15) is 19.2 Å². The summed E-state index contributed by atoms with van der Waals surface area (Å²) < 4.78 is 5.26. The average Bonchev–Trinajstić information content (AvgIpc) is 2.89. The number of hydrogen-bond acceptors (Lipinski definition) is 5. The highest BCUT2D eigenvalue weighted by atomic mass is 35.5. The van der Waals surface area contributed by atoms with E-state index in [1.165, 1.54) is 7.11 Å². The van der Waals surface area contributed by atoms with E-state index < -0.39 is 35.7 Å². The zero-order valence-corrected chi connectivity index (χ0v) is 23.1. The molecule has 0 heterocycles. The van der Waals surface area contributed by atoms with Gasteiger partial charge in [-0.1, -0.05) is 74.8 Å². The van der Waals surface area contributed by atoms with Crippen LogP contribution >= 0.6 is 11.6 Å². The molecule has 0 aliphatic rings. The molecule has 10 heteroatoms. The topological polar surface area (TPSA) is 126 Å². The lowest BCUT2D eigenvalue weighted by molar-refractivity contribution is -0.140. The molecule has 0 aromatic heterocycles. The van der Waals surface area contributed by atoms with E-state index in [2.05, 4.69) is 21.3 Å². The molecular formula is C28H37ClN4O5. The molecular weight excluding hydrogens is 508 g/mol. The number of carbonyl (C=O) groups is 4. The quantitative estimate of drug-likeness (QED) is 0.271. The van der Waals surface area contributed by atoms with Crippen molar-refractivity contribution in [3.63, 3.8) is 0 Å². The first-order valence-electron chi connectivity index (χ1n) is 12.7. The number of hydrogen-bond donors (Lipinski definition) is 4. The summed E-state index contributed by atoms with van der Waals surface area (Å²) >= 11 is 6.11. The van der Waals surface area contributed by atoms with Crippen molar-refractivity contribution in [3.05, 3.63) is 64.7 Å². The van der Waals surface area contributed by atoms with Crippen LogP contribution in [0.2, 0.25) is 5.02 Å². The van der Waals surface area contributed by atoms with Crippen LogP contribution in [-0.4, -0.2) is 49.4 Å². The van der Waals surface area contributed by atoms with Gasteiger partial charge in [-0.3, -0.25) is 14.4 Å². The Kier molecular flexibility index (Phi) is 12.6. The van der Waals surface area contributed by atoms with E-state index in [4.69, 9.17) is 16.3 Å². The average molecular weight is 545 g/mol. The Morgan fingerprint density at radius 1 is 0.921 bits per heavy atom. The Hall–Kier alpha value is -3.59. The van der Waals surface area contributed by atoms with Gasteiger partial charge < -0.3 is 26.0 Å². The number of para-hydroxylation sites is 1. The lowest BCUT2D eigenvalue weighted by Crippen LogP contribution is -2.55. The molecule has 2 aromatic carbocycles. The molecule has 0 aliphatic carbocycles. The normalized spacial score (nSPS) is 12.3. The number of halogens is 1. The third kappa shape index (κ3) is 9.70. The third-order valence-corrected chi connectivity index (χ3v) is 6.13. The molecule has 1 unspecified atom stereocenters. The second kappa shape index (κ2) is 15.6. The van der Waals surface area contributed by atoms with Gasteiger partial charge in [0.2, 0.25) is 11.7 Å². The van der Waals surface area contributed by atoms with E-state index >= 15 is 0 Å². The second-order valence-electron chi connectivity index (χ2n) is 9.27. The Bertz CT molecular complexity index is 1090. The summed E-state index contributed by atoms with van der Waals surface area (Å²) in [6.07, 6.45) is 1.22. The van der Waals surface area contributed by atoms with Crippen LogP contribution in [0.3, 0.4) is 0 Å². The summed E-state index contributed by atoms with van der Waals surface area (Å²) in [6.45, 7) is 5.97. The fraction of sp³-hybridized carbons (Fsp3) is 0.429. The van der Waals surface area contributed by atoms with Crippen molar-refractivity contribution in [2.24, 2.45) is 5.92 Å². The van der Waals surface area contributed by atoms with Crippen molar-refractivity contribution >= 4 is 35.2 Å². The molecule has 2 rings (SSSR count). The van der Waals surface area contributed by atoms with Gasteiger partial charge in [0.1, 0.15) is 11.8 Å². The first kappa shape index (κ1) is 30.6. The molecule has 0 saturated carbocycles. The van der Waals surface area contributed by atoms with E-state index in [1.807, 2.05) is 44.2 Å². The third-order valence-electron chi connectivity index (χ3n) is 5.83. The van der Waals surface area contributed by atoms with Crippen LogP contribution in [0.5, 0.6) is 5.75 Å². The maximum absolute atomic E-state index is 13.0. The molecule has 0 bridgehead atoms. The van der Waals surface area contributed by atoms with Crippen LogP contribution in [0.4, 0.5) is 4.79 Å². The Morgan fingerprint density at radius 3 is 2.26 bits per heavy atom. The number of carbonyl (C=O) groups excluding carboxylic acids is 4. The molecule has 0 radical (unpaired) electrons. The van der Waals surface area contributed by atoms with Crippen LogP contribution in [0, 0.1) is 5.92 Å². The number of Topliss-reactive ketones (excluding diaryl/α,β-unsaturated/α-hetero) is 1. The highest BCUT2D eigenvalue weighted by Gasteiger charge is 2.29. The maximum atomic E-state index is 13.0. The van der Waals surface area contributed by atoms with Gasteiger partial charge in [0.15, 0.2) is 0 Å². The molecule has 0 fully saturated rings. The number of ether oxygens (including phenoxy) is 1. The minimum atomic E-state index is -1.04. The fourth-order valence-corrected chi connectivity index (χ4v) is 4.12. The highest BCUT2D eigenvalue weighted by Crippen LogP contribution is 2.28. The van der Waals surface area contributed by atoms with Crippen LogP contribution in [0.25, 0.3) is 0 Å². The molecule has 4 N–H and O–H groups in total. The van der Waals surface area contributed by atoms with Crippen molar-refractivity contribution in [3.8, 4) is 5.75 Å². The van der Waals surface area contributed by atoms with Crippen LogP contribution < -0.4 is 26.0 Å². The largest absolute Gasteiger partial charge is 0.495 e. The number of methoxy groups -OCH3 is 1. The van der Waals surface area contributed by atoms with E-state index in [0.29, 0.717) is 35.7 Å². The van der Waals surface area contributed by atoms with Gasteiger partial charge in [-0.2, -0.15) is 0 Å². The zero-order valence-electron chi connectivity index (χ0n) is 22.3. The monoisotopic (exact) mass is 544 g/mol. The first-order chi connectivity index (χ1) is 18.2. The summed E-state index contributed by atoms with van der Waals surface area (Å²) in [5.74, 6) is -1.64. The van der Waals surface area contributed by atoms with Crippen molar-refractivity contribution in [1.29, 1.82) is 0 Å². The maximum Gasteiger partial charge on any atom is 0.315 e. The molecule has 0 aliphatic heterocycles. The number of amides is 4. The number of urea groups is 1. The number of nitrogens with one attached hydrogen (secondary N) is 4. The molecule has 2 aromatic rings. The van der Waals surface area contributed by atoms with Gasteiger partial charge in [-0.05, 0) is 36.8 Å². The lowest BCUT2D eigenvalue weighted by atomic mass is 10.0. The molecule has 38 heavy (non-hydrogen) atoms. The Balaban J connectivity index is 1.94. The predicted octanol–water partition coefficient (Wildman–Crippen LogP) is 3.39. The first-order valence-corrected chi connectivity index (χ1v) is 13.1. The minimum Gasteiger partial charge on any atom is -0.495 e.